The van der Waals surface area contributed by atoms with Gasteiger partial charge < -0.3 is 24.1 Å². The summed E-state index contributed by atoms with van der Waals surface area (Å²) in [5, 5.41) is 9.68. The minimum absolute atomic E-state index is 0.132. The van der Waals surface area contributed by atoms with Crippen LogP contribution in [0.4, 0.5) is 0 Å². The van der Waals surface area contributed by atoms with Crippen molar-refractivity contribution >= 4 is 23.3 Å². The molecule has 8 heteroatoms. The second-order valence-corrected chi connectivity index (χ2v) is 7.34. The summed E-state index contributed by atoms with van der Waals surface area (Å²) < 4.78 is 22.3. The number of hydrogen-bond donors (Lipinski definition) is 1. The molecule has 172 valence electrons. The predicted molar refractivity (Wildman–Crippen MR) is 126 cm³/mol. The maximum atomic E-state index is 11.6. The van der Waals surface area contributed by atoms with E-state index < -0.39 is 5.97 Å². The van der Waals surface area contributed by atoms with Gasteiger partial charge >= 0.3 is 5.97 Å². The highest BCUT2D eigenvalue weighted by molar-refractivity contribution is 6.43. The molecule has 3 aromatic carbocycles. The van der Waals surface area contributed by atoms with Crippen LogP contribution in [0, 0.1) is 0 Å². The highest BCUT2D eigenvalue weighted by Crippen LogP contribution is 2.38. The summed E-state index contributed by atoms with van der Waals surface area (Å²) >= 11 is 6.49. The Morgan fingerprint density at radius 1 is 0.879 bits per heavy atom. The molecule has 3 rings (SSSR count). The molecule has 0 aromatic heterocycles. The van der Waals surface area contributed by atoms with E-state index in [-0.39, 0.29) is 23.9 Å². The van der Waals surface area contributed by atoms with E-state index in [0.717, 1.165) is 22.6 Å². The summed E-state index contributed by atoms with van der Waals surface area (Å²) in [5.41, 5.74) is 1.98. The largest absolute Gasteiger partial charge is 0.497 e. The monoisotopic (exact) mass is 469 g/mol. The summed E-state index contributed by atoms with van der Waals surface area (Å²) in [6.45, 7) is 0.448. The van der Waals surface area contributed by atoms with Gasteiger partial charge in [-0.2, -0.15) is 0 Å². The Balaban J connectivity index is 1.88. The van der Waals surface area contributed by atoms with Gasteiger partial charge in [-0.1, -0.05) is 35.9 Å². The molecule has 0 unspecified atom stereocenters. The zero-order valence-corrected chi connectivity index (χ0v) is 19.3. The molecule has 0 amide bonds. The summed E-state index contributed by atoms with van der Waals surface area (Å²) in [5.74, 6) is 0.929. The molecular formula is C25H24ClNO6. The van der Waals surface area contributed by atoms with Crippen LogP contribution in [0.5, 0.6) is 23.0 Å². The van der Waals surface area contributed by atoms with Crippen molar-refractivity contribution in [3.8, 4) is 23.0 Å². The Morgan fingerprint density at radius 2 is 1.39 bits per heavy atom. The molecule has 7 nitrogen and oxygen atoms in total. The number of hydrogen-bond acceptors (Lipinski definition) is 6. The number of aliphatic carboxylic acids is 1. The molecule has 0 fully saturated rings. The second-order valence-electron chi connectivity index (χ2n) is 6.94. The van der Waals surface area contributed by atoms with Crippen molar-refractivity contribution in [3.05, 3.63) is 82.4 Å². The molecule has 1 N–H and O–H groups in total. The van der Waals surface area contributed by atoms with Crippen LogP contribution in [-0.2, 0) is 18.0 Å². The number of halogens is 1. The predicted octanol–water partition coefficient (Wildman–Crippen LogP) is 5.02. The smallest absolute Gasteiger partial charge is 0.354 e. The molecule has 3 aromatic rings. The second kappa shape index (κ2) is 11.2. The number of carboxylic acids is 1. The van der Waals surface area contributed by atoms with Crippen LogP contribution >= 0.6 is 11.6 Å². The lowest BCUT2D eigenvalue weighted by molar-refractivity contribution is -0.129. The molecule has 0 saturated carbocycles. The number of carboxylic acid groups (broad SMARTS) is 1. The topological polar surface area (TPSA) is 86.6 Å². The van der Waals surface area contributed by atoms with Gasteiger partial charge in [0.15, 0.2) is 11.5 Å². The van der Waals surface area contributed by atoms with E-state index in [1.54, 1.807) is 20.3 Å². The molecular weight excluding hydrogens is 446 g/mol. The van der Waals surface area contributed by atoms with E-state index in [1.807, 2.05) is 48.5 Å². The molecule has 0 aliphatic carbocycles. The van der Waals surface area contributed by atoms with Crippen molar-refractivity contribution in [2.24, 2.45) is 4.99 Å². The van der Waals surface area contributed by atoms with E-state index in [0.29, 0.717) is 17.1 Å². The fraction of sp³-hybridized carbons (Fsp3) is 0.200. The lowest BCUT2D eigenvalue weighted by atomic mass is 10.1. The first-order valence-electron chi connectivity index (χ1n) is 10.0. The molecule has 0 heterocycles. The van der Waals surface area contributed by atoms with E-state index in [9.17, 15) is 9.90 Å². The average molecular weight is 470 g/mol. The number of nitrogens with zero attached hydrogens (tertiary/aromatic N) is 1. The van der Waals surface area contributed by atoms with Crippen LogP contribution in [0.25, 0.3) is 0 Å². The van der Waals surface area contributed by atoms with Gasteiger partial charge in [0.05, 0.1) is 19.2 Å². The lowest BCUT2D eigenvalue weighted by Gasteiger charge is -2.16. The van der Waals surface area contributed by atoms with Crippen molar-refractivity contribution in [1.82, 2.24) is 0 Å². The highest BCUT2D eigenvalue weighted by atomic mass is 35.5. The van der Waals surface area contributed by atoms with Crippen molar-refractivity contribution in [3.63, 3.8) is 0 Å². The van der Waals surface area contributed by atoms with Gasteiger partial charge in [0.25, 0.3) is 0 Å². The number of rotatable bonds is 10. The summed E-state index contributed by atoms with van der Waals surface area (Å²) in [6.07, 6.45) is 0. The quantitative estimate of drug-likeness (QED) is 0.419. The van der Waals surface area contributed by atoms with Crippen molar-refractivity contribution in [1.29, 1.82) is 0 Å². The minimum Gasteiger partial charge on any atom is -0.497 e. The van der Waals surface area contributed by atoms with E-state index in [1.165, 1.54) is 13.1 Å². The molecule has 0 saturated heterocycles. The molecule has 33 heavy (non-hydrogen) atoms. The highest BCUT2D eigenvalue weighted by Gasteiger charge is 2.19. The van der Waals surface area contributed by atoms with Crippen molar-refractivity contribution in [2.45, 2.75) is 13.2 Å². The van der Waals surface area contributed by atoms with Gasteiger partial charge in [-0.25, -0.2) is 4.79 Å². The molecule has 0 bridgehead atoms. The fourth-order valence-electron chi connectivity index (χ4n) is 3.06. The van der Waals surface area contributed by atoms with Gasteiger partial charge in [-0.15, -0.1) is 0 Å². The Kier molecular flexibility index (Phi) is 8.16. The number of methoxy groups -OCH3 is 2. The maximum Gasteiger partial charge on any atom is 0.354 e. The Hall–Kier alpha value is -3.71. The minimum atomic E-state index is -1.17. The Labute approximate surface area is 197 Å². The standard InChI is InChI=1S/C25H24ClNO6/c1-27-23(25(28)29)18-12-21(26)24(33-15-17-6-10-20(31-3)11-7-17)22(13-18)32-14-16-4-8-19(30-2)9-5-16/h4-13H,14-15H2,1-3H3,(H,28,29)/b27-23-. The Bertz CT molecular complexity index is 1130. The molecule has 0 spiro atoms. The van der Waals surface area contributed by atoms with Gasteiger partial charge in [-0.05, 0) is 47.5 Å². The third kappa shape index (κ3) is 6.17. The first-order valence-corrected chi connectivity index (χ1v) is 10.4. The Morgan fingerprint density at radius 3 is 1.85 bits per heavy atom. The van der Waals surface area contributed by atoms with E-state index >= 15 is 0 Å². The van der Waals surface area contributed by atoms with Crippen LogP contribution in [0.15, 0.2) is 65.7 Å². The maximum absolute atomic E-state index is 11.6. The summed E-state index contributed by atoms with van der Waals surface area (Å²) in [6, 6.07) is 17.9. The average Bonchev–Trinajstić information content (AvgIpc) is 2.83. The van der Waals surface area contributed by atoms with Crippen LogP contribution in [0.1, 0.15) is 16.7 Å². The van der Waals surface area contributed by atoms with Gasteiger partial charge in [-0.3, -0.25) is 4.99 Å². The zero-order valence-electron chi connectivity index (χ0n) is 18.5. The molecule has 0 aliphatic heterocycles. The van der Waals surface area contributed by atoms with Gasteiger partial charge in [0.2, 0.25) is 0 Å². The number of benzene rings is 3. The van der Waals surface area contributed by atoms with E-state index in [4.69, 9.17) is 30.5 Å². The number of ether oxygens (including phenoxy) is 4. The van der Waals surface area contributed by atoms with Crippen LogP contribution in [-0.4, -0.2) is 38.1 Å². The zero-order chi connectivity index (χ0) is 23.8. The molecule has 0 aliphatic rings. The summed E-state index contributed by atoms with van der Waals surface area (Å²) in [4.78, 5) is 15.4. The first-order chi connectivity index (χ1) is 15.9. The third-order valence-electron chi connectivity index (χ3n) is 4.80. The SMILES string of the molecule is C/N=C(\C(=O)O)c1cc(Cl)c(OCc2ccc(OC)cc2)c(OCc2ccc(OC)cc2)c1. The fourth-order valence-corrected chi connectivity index (χ4v) is 3.33. The first kappa shape index (κ1) is 23.9. The van der Waals surface area contributed by atoms with Crippen molar-refractivity contribution < 1.29 is 28.8 Å². The summed E-state index contributed by atoms with van der Waals surface area (Å²) in [7, 11) is 4.61. The number of aliphatic imine (C=N–C) groups is 1. The number of carbonyl (C=O) groups is 1. The third-order valence-corrected chi connectivity index (χ3v) is 5.09. The van der Waals surface area contributed by atoms with Gasteiger partial charge in [0, 0.05) is 12.6 Å². The van der Waals surface area contributed by atoms with Crippen LogP contribution in [0.2, 0.25) is 5.02 Å². The molecule has 0 atom stereocenters. The van der Waals surface area contributed by atoms with Crippen LogP contribution < -0.4 is 18.9 Å². The van der Waals surface area contributed by atoms with Crippen molar-refractivity contribution in [2.75, 3.05) is 21.3 Å². The van der Waals surface area contributed by atoms with Crippen LogP contribution in [0.3, 0.4) is 0 Å². The normalized spacial score (nSPS) is 11.1. The van der Waals surface area contributed by atoms with E-state index in [2.05, 4.69) is 4.99 Å². The van der Waals surface area contributed by atoms with Gasteiger partial charge in [0.1, 0.15) is 30.4 Å². The molecule has 0 radical (unpaired) electrons. The lowest BCUT2D eigenvalue weighted by Crippen LogP contribution is -2.15.